The number of hydrogen-bond acceptors (Lipinski definition) is 4. The topological polar surface area (TPSA) is 54.1 Å². The van der Waals surface area contributed by atoms with Crippen LogP contribution in [0.3, 0.4) is 0 Å². The van der Waals surface area contributed by atoms with Gasteiger partial charge in [-0.2, -0.15) is 10.2 Å². The highest BCUT2D eigenvalue weighted by Crippen LogP contribution is 2.72. The number of nitrogens with zero attached hydrogens (tertiary/aromatic N) is 4. The van der Waals surface area contributed by atoms with Crippen molar-refractivity contribution >= 4 is 0 Å². The summed E-state index contributed by atoms with van der Waals surface area (Å²) in [5.74, 6) is 2.76. The molecule has 0 N–H and O–H groups in total. The number of ether oxygens (including phenoxy) is 2. The van der Waals surface area contributed by atoms with Crippen LogP contribution >= 0.6 is 0 Å². The first-order valence-corrected chi connectivity index (χ1v) is 16.4. The Balaban J connectivity index is 1.32. The Morgan fingerprint density at radius 1 is 0.614 bits per heavy atom. The zero-order chi connectivity index (χ0) is 30.8. The maximum absolute atomic E-state index is 5.56. The largest absolute Gasteiger partial charge is 0.497 e. The molecule has 2 fully saturated rings. The van der Waals surface area contributed by atoms with Gasteiger partial charge >= 0.3 is 0 Å². The summed E-state index contributed by atoms with van der Waals surface area (Å²) in [5, 5.41) is 11.1. The molecular weight excluding hydrogens is 544 g/mol. The maximum Gasteiger partial charge on any atom is 0.118 e. The van der Waals surface area contributed by atoms with Gasteiger partial charge in [0, 0.05) is 33.3 Å². The third kappa shape index (κ3) is 3.37. The van der Waals surface area contributed by atoms with E-state index < -0.39 is 0 Å². The Morgan fingerprint density at radius 3 is 1.32 bits per heavy atom. The molecule has 2 saturated carbocycles. The minimum absolute atomic E-state index is 0.0871. The monoisotopic (exact) mass is 590 g/mol. The van der Waals surface area contributed by atoms with Crippen molar-refractivity contribution in [2.24, 2.45) is 10.8 Å². The molecule has 4 atom stereocenters. The molecule has 4 bridgehead atoms. The van der Waals surface area contributed by atoms with Crippen LogP contribution in [-0.2, 0) is 23.9 Å². The summed E-state index contributed by atoms with van der Waals surface area (Å²) in [4.78, 5) is 0. The Hall–Kier alpha value is -3.54. The Kier molecular flexibility index (Phi) is 5.73. The lowest BCUT2D eigenvalue weighted by atomic mass is 9.70. The van der Waals surface area contributed by atoms with Crippen LogP contribution in [0.1, 0.15) is 113 Å². The molecule has 230 valence electrons. The van der Waals surface area contributed by atoms with Crippen LogP contribution in [0.2, 0.25) is 0 Å². The SMILES string of the molecule is COc1ccc(Cn2nc(-c3nn(Cc4ccc(OC)cc4)c4c3C3CCC4(C)C3(C)C)c3c2C2(C)CCC3C2(C)C)cc1. The number of rotatable bonds is 7. The summed E-state index contributed by atoms with van der Waals surface area (Å²) < 4.78 is 15.6. The van der Waals surface area contributed by atoms with E-state index in [0.29, 0.717) is 11.8 Å². The normalized spacial score (nSPS) is 28.4. The molecule has 0 radical (unpaired) electrons. The first kappa shape index (κ1) is 28.0. The van der Waals surface area contributed by atoms with Gasteiger partial charge in [-0.1, -0.05) is 65.8 Å². The number of fused-ring (bicyclic) bond motifs is 10. The van der Waals surface area contributed by atoms with E-state index in [0.717, 1.165) is 36.0 Å². The molecule has 4 aliphatic carbocycles. The molecule has 2 aromatic heterocycles. The molecule has 2 aromatic carbocycles. The van der Waals surface area contributed by atoms with Gasteiger partial charge in [0.05, 0.1) is 27.3 Å². The fraction of sp³-hybridized carbons (Fsp3) is 0.526. The van der Waals surface area contributed by atoms with Crippen LogP contribution in [0.15, 0.2) is 48.5 Å². The Bertz CT molecular complexity index is 1640. The summed E-state index contributed by atoms with van der Waals surface area (Å²) in [7, 11) is 3.45. The van der Waals surface area contributed by atoms with Crippen LogP contribution in [0.5, 0.6) is 11.5 Å². The van der Waals surface area contributed by atoms with Crippen molar-refractivity contribution in [2.45, 2.75) is 103 Å². The van der Waals surface area contributed by atoms with E-state index in [1.54, 1.807) is 14.2 Å². The van der Waals surface area contributed by atoms with Gasteiger partial charge in [0.15, 0.2) is 0 Å². The van der Waals surface area contributed by atoms with Crippen molar-refractivity contribution in [3.63, 3.8) is 0 Å². The second kappa shape index (κ2) is 9.02. The lowest BCUT2D eigenvalue weighted by molar-refractivity contribution is 0.218. The number of methoxy groups -OCH3 is 2. The maximum atomic E-state index is 5.56. The van der Waals surface area contributed by atoms with Gasteiger partial charge in [-0.15, -0.1) is 0 Å². The van der Waals surface area contributed by atoms with E-state index in [1.165, 1.54) is 59.3 Å². The molecule has 0 amide bonds. The van der Waals surface area contributed by atoms with Gasteiger partial charge in [0.1, 0.15) is 22.9 Å². The second-order valence-corrected chi connectivity index (χ2v) is 15.5. The van der Waals surface area contributed by atoms with Crippen molar-refractivity contribution in [2.75, 3.05) is 14.2 Å². The van der Waals surface area contributed by atoms with E-state index in [-0.39, 0.29) is 21.7 Å². The average molecular weight is 591 g/mol. The molecule has 44 heavy (non-hydrogen) atoms. The molecule has 8 rings (SSSR count). The van der Waals surface area contributed by atoms with Crippen LogP contribution in [-0.4, -0.2) is 33.8 Å². The van der Waals surface area contributed by atoms with Crippen molar-refractivity contribution in [1.29, 1.82) is 0 Å². The molecule has 0 aliphatic heterocycles. The minimum Gasteiger partial charge on any atom is -0.497 e. The van der Waals surface area contributed by atoms with Crippen LogP contribution in [0, 0.1) is 10.8 Å². The highest BCUT2D eigenvalue weighted by molar-refractivity contribution is 5.73. The van der Waals surface area contributed by atoms with Gasteiger partial charge in [0.25, 0.3) is 0 Å². The Labute approximate surface area is 261 Å². The summed E-state index contributed by atoms with van der Waals surface area (Å²) in [6, 6.07) is 17.0. The average Bonchev–Trinajstić information content (AvgIpc) is 3.76. The standard InChI is InChI=1S/C38H46N4O2/c1-35(2)27-17-19-37(35,5)33-29(27)31(39-41(33)21-23-9-13-25(43-7)14-10-23)32-30-28-18-20-38(6,36(28,3)4)34(30)42(40-32)22-24-11-15-26(44-8)16-12-24/h9-16,27-28H,17-22H2,1-8H3. The summed E-state index contributed by atoms with van der Waals surface area (Å²) in [6.45, 7) is 16.5. The van der Waals surface area contributed by atoms with E-state index in [2.05, 4.69) is 99.4 Å². The van der Waals surface area contributed by atoms with E-state index in [9.17, 15) is 0 Å². The predicted molar refractivity (Wildman–Crippen MR) is 174 cm³/mol. The molecule has 0 saturated heterocycles. The molecule has 6 heteroatoms. The van der Waals surface area contributed by atoms with Crippen LogP contribution in [0.25, 0.3) is 11.4 Å². The second-order valence-electron chi connectivity index (χ2n) is 15.5. The zero-order valence-electron chi connectivity index (χ0n) is 27.6. The molecular formula is C38H46N4O2. The van der Waals surface area contributed by atoms with Crippen LogP contribution in [0.4, 0.5) is 0 Å². The third-order valence-corrected chi connectivity index (χ3v) is 13.4. The lowest BCUT2D eigenvalue weighted by Gasteiger charge is -2.36. The minimum atomic E-state index is 0.0871. The first-order valence-electron chi connectivity index (χ1n) is 16.4. The number of benzene rings is 2. The number of hydrogen-bond donors (Lipinski definition) is 0. The first-order chi connectivity index (χ1) is 20.9. The lowest BCUT2D eigenvalue weighted by Crippen LogP contribution is -2.34. The van der Waals surface area contributed by atoms with E-state index >= 15 is 0 Å². The van der Waals surface area contributed by atoms with Gasteiger partial charge < -0.3 is 9.47 Å². The molecule has 4 aliphatic rings. The summed E-state index contributed by atoms with van der Waals surface area (Å²) >= 11 is 0. The molecule has 4 aromatic rings. The van der Waals surface area contributed by atoms with Gasteiger partial charge in [-0.25, -0.2) is 0 Å². The van der Waals surface area contributed by atoms with E-state index in [1.807, 2.05) is 0 Å². The van der Waals surface area contributed by atoms with Crippen molar-refractivity contribution in [3.05, 3.63) is 82.2 Å². The smallest absolute Gasteiger partial charge is 0.118 e. The highest BCUT2D eigenvalue weighted by atomic mass is 16.5. The quantitative estimate of drug-likeness (QED) is 0.218. The third-order valence-electron chi connectivity index (χ3n) is 13.4. The van der Waals surface area contributed by atoms with Crippen molar-refractivity contribution in [1.82, 2.24) is 19.6 Å². The van der Waals surface area contributed by atoms with Gasteiger partial charge in [-0.3, -0.25) is 9.36 Å². The fourth-order valence-electron chi connectivity index (χ4n) is 10.0. The van der Waals surface area contributed by atoms with Crippen LogP contribution < -0.4 is 9.47 Å². The highest BCUT2D eigenvalue weighted by Gasteiger charge is 2.65. The van der Waals surface area contributed by atoms with Crippen molar-refractivity contribution < 1.29 is 9.47 Å². The van der Waals surface area contributed by atoms with Gasteiger partial charge in [-0.05, 0) is 83.7 Å². The number of aromatic nitrogens is 4. The fourth-order valence-corrected chi connectivity index (χ4v) is 10.0. The summed E-state index contributed by atoms with van der Waals surface area (Å²) in [6.07, 6.45) is 4.87. The molecule has 4 unspecified atom stereocenters. The molecule has 2 heterocycles. The molecule has 6 nitrogen and oxygen atoms in total. The zero-order valence-corrected chi connectivity index (χ0v) is 27.6. The summed E-state index contributed by atoms with van der Waals surface area (Å²) in [5.41, 5.74) is 11.1. The Morgan fingerprint density at radius 2 is 0.977 bits per heavy atom. The van der Waals surface area contributed by atoms with Gasteiger partial charge in [0.2, 0.25) is 0 Å². The molecule has 0 spiro atoms. The van der Waals surface area contributed by atoms with E-state index in [4.69, 9.17) is 19.7 Å². The predicted octanol–water partition coefficient (Wildman–Crippen LogP) is 8.21. The van der Waals surface area contributed by atoms with Crippen molar-refractivity contribution in [3.8, 4) is 22.9 Å².